The topological polar surface area (TPSA) is 74.6 Å². The fraction of sp³-hybridized carbons (Fsp3) is 0.800. The largest absolute Gasteiger partial charge is 0.481 e. The van der Waals surface area contributed by atoms with Crippen LogP contribution in [-0.4, -0.2) is 28.6 Å². The van der Waals surface area contributed by atoms with Crippen LogP contribution in [0, 0.1) is 5.92 Å². The number of unbranched alkanes of at least 4 members (excludes halogenated alkanes) is 1. The third kappa shape index (κ3) is 14.0. The van der Waals surface area contributed by atoms with Gasteiger partial charge in [0.25, 0.3) is 0 Å². The Hall–Kier alpha value is -0.0169. The summed E-state index contributed by atoms with van der Waals surface area (Å²) in [5, 5.41) is 16.4. The maximum Gasteiger partial charge on any atom is 0.314 e. The molecule has 0 aliphatic carbocycles. The number of aliphatic carboxylic acids is 1. The second-order valence-electron chi connectivity index (χ2n) is 2.99. The van der Waals surface area contributed by atoms with Gasteiger partial charge in [0.1, 0.15) is 11.7 Å². The van der Waals surface area contributed by atoms with Crippen LogP contribution in [0.4, 0.5) is 0 Å². The number of carbonyl (C=O) groups is 2. The van der Waals surface area contributed by atoms with Crippen LogP contribution in [0.3, 0.4) is 0 Å². The number of rotatable bonds is 5. The molecule has 5 heteroatoms. The summed E-state index contributed by atoms with van der Waals surface area (Å²) >= 11 is 0. The molecule has 0 saturated carbocycles. The van der Waals surface area contributed by atoms with Crippen molar-refractivity contribution < 1.29 is 46.0 Å². The zero-order valence-electron chi connectivity index (χ0n) is 9.62. The normalized spacial score (nSPS) is 10.4. The number of aliphatic hydroxyl groups excluding tert-OH is 1. The van der Waals surface area contributed by atoms with E-state index in [2.05, 4.69) is 6.92 Å². The molecule has 1 atom stereocenters. The Morgan fingerprint density at radius 3 is 1.73 bits per heavy atom. The molecule has 4 nitrogen and oxygen atoms in total. The van der Waals surface area contributed by atoms with Gasteiger partial charge >= 0.3 is 5.97 Å². The summed E-state index contributed by atoms with van der Waals surface area (Å²) in [7, 11) is 0. The molecule has 0 saturated heterocycles. The van der Waals surface area contributed by atoms with Crippen molar-refractivity contribution >= 4 is 11.8 Å². The molecule has 0 aromatic rings. The van der Waals surface area contributed by atoms with Gasteiger partial charge in [-0.15, -0.1) is 0 Å². The average Bonchev–Trinajstić information content (AvgIpc) is 2.06. The number of carboxylic acid groups (broad SMARTS) is 1. The molecule has 15 heavy (non-hydrogen) atoms. The van der Waals surface area contributed by atoms with Crippen molar-refractivity contribution in [1.82, 2.24) is 0 Å². The zero-order chi connectivity index (χ0) is 11.6. The first-order valence-corrected chi connectivity index (χ1v) is 4.85. The Labute approximate surface area is 110 Å². The standard InChI is InChI=1S/C6H10O3.C4H10O.Zr/c1-3-5(4(2)7)6(8)9;1-2-3-4-5;/h5H,3H2,1-2H3,(H,8,9);5H,2-4H2,1H3;. The molecule has 0 fully saturated rings. The van der Waals surface area contributed by atoms with Gasteiger partial charge in [0.05, 0.1) is 0 Å². The Bertz CT molecular complexity index is 155. The second-order valence-corrected chi connectivity index (χ2v) is 2.99. The van der Waals surface area contributed by atoms with Gasteiger partial charge in [0.15, 0.2) is 0 Å². The molecule has 2 N–H and O–H groups in total. The smallest absolute Gasteiger partial charge is 0.314 e. The maximum atomic E-state index is 10.4. The van der Waals surface area contributed by atoms with E-state index < -0.39 is 11.9 Å². The number of carboxylic acids is 1. The van der Waals surface area contributed by atoms with Gasteiger partial charge in [-0.2, -0.15) is 0 Å². The number of hydrogen-bond donors (Lipinski definition) is 2. The summed E-state index contributed by atoms with van der Waals surface area (Å²) in [6.07, 6.45) is 2.42. The van der Waals surface area contributed by atoms with E-state index in [1.807, 2.05) is 0 Å². The van der Waals surface area contributed by atoms with Crippen molar-refractivity contribution in [2.24, 2.45) is 5.92 Å². The van der Waals surface area contributed by atoms with Gasteiger partial charge in [-0.3, -0.25) is 9.59 Å². The molecule has 0 amide bonds. The maximum absolute atomic E-state index is 10.4. The minimum atomic E-state index is -1.02. The van der Waals surface area contributed by atoms with Crippen molar-refractivity contribution in [3.63, 3.8) is 0 Å². The monoisotopic (exact) mass is 294 g/mol. The van der Waals surface area contributed by atoms with Crippen LogP contribution in [-0.2, 0) is 35.8 Å². The zero-order valence-corrected chi connectivity index (χ0v) is 12.1. The van der Waals surface area contributed by atoms with Crippen LogP contribution in [0.15, 0.2) is 0 Å². The molecule has 0 aliphatic heterocycles. The summed E-state index contributed by atoms with van der Waals surface area (Å²) in [6, 6.07) is 0. The Kier molecular flexibility index (Phi) is 19.0. The first-order valence-electron chi connectivity index (χ1n) is 4.85. The summed E-state index contributed by atoms with van der Waals surface area (Å²) in [5.74, 6) is -2.10. The van der Waals surface area contributed by atoms with E-state index in [4.69, 9.17) is 10.2 Å². The molecule has 0 heterocycles. The molecule has 0 aromatic carbocycles. The fourth-order valence-electron chi connectivity index (χ4n) is 0.794. The van der Waals surface area contributed by atoms with Crippen LogP contribution < -0.4 is 0 Å². The summed E-state index contributed by atoms with van der Waals surface area (Å²) < 4.78 is 0. The third-order valence-electron chi connectivity index (χ3n) is 1.71. The minimum absolute atomic E-state index is 0. The van der Waals surface area contributed by atoms with Gasteiger partial charge in [0, 0.05) is 32.8 Å². The first-order chi connectivity index (χ1) is 6.51. The quantitative estimate of drug-likeness (QED) is 0.753. The van der Waals surface area contributed by atoms with E-state index in [9.17, 15) is 9.59 Å². The van der Waals surface area contributed by atoms with E-state index in [0.29, 0.717) is 13.0 Å². The van der Waals surface area contributed by atoms with Crippen LogP contribution in [0.25, 0.3) is 0 Å². The molecule has 0 bridgehead atoms. The molecule has 0 radical (unpaired) electrons. The van der Waals surface area contributed by atoms with E-state index in [0.717, 1.165) is 12.8 Å². The predicted molar refractivity (Wildman–Crippen MR) is 54.1 cm³/mol. The van der Waals surface area contributed by atoms with E-state index >= 15 is 0 Å². The molecule has 1 unspecified atom stereocenters. The van der Waals surface area contributed by atoms with E-state index in [-0.39, 0.29) is 32.0 Å². The second kappa shape index (κ2) is 14.0. The molecular formula is C10H20O4Zr. The molecule has 0 aliphatic rings. The number of aliphatic hydroxyl groups is 1. The van der Waals surface area contributed by atoms with Crippen molar-refractivity contribution in [2.75, 3.05) is 6.61 Å². The molecular weight excluding hydrogens is 275 g/mol. The summed E-state index contributed by atoms with van der Waals surface area (Å²) in [4.78, 5) is 20.6. The molecule has 0 rings (SSSR count). The van der Waals surface area contributed by atoms with Gasteiger partial charge in [-0.25, -0.2) is 0 Å². The average molecular weight is 295 g/mol. The van der Waals surface area contributed by atoms with Gasteiger partial charge < -0.3 is 10.2 Å². The van der Waals surface area contributed by atoms with Gasteiger partial charge in [0.2, 0.25) is 0 Å². The predicted octanol–water partition coefficient (Wildman–Crippen LogP) is 1.46. The summed E-state index contributed by atoms with van der Waals surface area (Å²) in [6.45, 7) is 5.37. The Balaban J connectivity index is -0.000000208. The molecule has 0 spiro atoms. The van der Waals surface area contributed by atoms with Crippen molar-refractivity contribution in [3.05, 3.63) is 0 Å². The molecule has 0 aromatic heterocycles. The Morgan fingerprint density at radius 1 is 1.27 bits per heavy atom. The Morgan fingerprint density at radius 2 is 1.73 bits per heavy atom. The van der Waals surface area contributed by atoms with Gasteiger partial charge in [-0.05, 0) is 19.8 Å². The first kappa shape index (κ1) is 20.4. The van der Waals surface area contributed by atoms with Crippen molar-refractivity contribution in [1.29, 1.82) is 0 Å². The van der Waals surface area contributed by atoms with Gasteiger partial charge in [-0.1, -0.05) is 20.3 Å². The summed E-state index contributed by atoms with van der Waals surface area (Å²) in [5.41, 5.74) is 0. The van der Waals surface area contributed by atoms with E-state index in [1.54, 1.807) is 6.92 Å². The van der Waals surface area contributed by atoms with E-state index in [1.165, 1.54) is 6.92 Å². The van der Waals surface area contributed by atoms with Crippen LogP contribution >= 0.6 is 0 Å². The number of hydrogen-bond acceptors (Lipinski definition) is 3. The number of Topliss-reactive ketones (excluding diaryl/α,β-unsaturated/α-hetero) is 1. The number of ketones is 1. The van der Waals surface area contributed by atoms with Crippen LogP contribution in [0.5, 0.6) is 0 Å². The SMILES string of the molecule is CCC(C(C)=O)C(=O)O.CCCCO.[Zr]. The fourth-order valence-corrected chi connectivity index (χ4v) is 0.794. The molecule has 88 valence electrons. The third-order valence-corrected chi connectivity index (χ3v) is 1.71. The van der Waals surface area contributed by atoms with Crippen LogP contribution in [0.2, 0.25) is 0 Å². The van der Waals surface area contributed by atoms with Crippen molar-refractivity contribution in [3.8, 4) is 0 Å². The van der Waals surface area contributed by atoms with Crippen LogP contribution in [0.1, 0.15) is 40.0 Å². The number of carbonyl (C=O) groups excluding carboxylic acids is 1. The van der Waals surface area contributed by atoms with Crippen molar-refractivity contribution in [2.45, 2.75) is 40.0 Å². The minimum Gasteiger partial charge on any atom is -0.481 e.